The molecule has 1 aromatic rings. The molecule has 0 unspecified atom stereocenters. The van der Waals surface area contributed by atoms with Crippen molar-refractivity contribution < 1.29 is 9.84 Å². The van der Waals surface area contributed by atoms with E-state index in [0.29, 0.717) is 10.4 Å². The van der Waals surface area contributed by atoms with Gasteiger partial charge >= 0.3 is 0 Å². The van der Waals surface area contributed by atoms with Gasteiger partial charge in [0.15, 0.2) is 0 Å². The molecule has 0 amide bonds. The summed E-state index contributed by atoms with van der Waals surface area (Å²) < 4.78 is 8.08. The SMILES string of the molecule is Oc1c(Br)cc(Br)c([C@H](C2CCOCC2)N2CCNCC2)c1Br. The third kappa shape index (κ3) is 3.96. The Morgan fingerprint density at radius 1 is 1.13 bits per heavy atom. The van der Waals surface area contributed by atoms with Crippen molar-refractivity contribution in [1.82, 2.24) is 10.2 Å². The Labute approximate surface area is 162 Å². The summed E-state index contributed by atoms with van der Waals surface area (Å²) in [5.41, 5.74) is 1.15. The first kappa shape index (κ1) is 18.1. The molecule has 1 aromatic carbocycles. The minimum Gasteiger partial charge on any atom is -0.506 e. The van der Waals surface area contributed by atoms with Crippen molar-refractivity contribution in [1.29, 1.82) is 0 Å². The third-order valence-corrected chi connectivity index (χ3v) is 6.80. The van der Waals surface area contributed by atoms with E-state index >= 15 is 0 Å². The number of phenols is 1. The summed E-state index contributed by atoms with van der Waals surface area (Å²) in [5, 5.41) is 13.8. The van der Waals surface area contributed by atoms with Gasteiger partial charge in [0.2, 0.25) is 0 Å². The average Bonchev–Trinajstić information content (AvgIpc) is 2.58. The standard InChI is InChI=1S/C16H21Br3N2O2/c17-11-9-12(18)16(22)14(19)13(11)15(10-1-7-23-8-2-10)21-5-3-20-4-6-21/h9-10,15,20,22H,1-8H2/t15-/m0/s1. The molecule has 2 fully saturated rings. The molecule has 128 valence electrons. The molecule has 0 saturated carbocycles. The van der Waals surface area contributed by atoms with Crippen LogP contribution in [-0.4, -0.2) is 49.4 Å². The molecule has 2 aliphatic rings. The Morgan fingerprint density at radius 3 is 2.43 bits per heavy atom. The summed E-state index contributed by atoms with van der Waals surface area (Å²) in [4.78, 5) is 2.55. The summed E-state index contributed by atoms with van der Waals surface area (Å²) in [5.74, 6) is 0.811. The highest BCUT2D eigenvalue weighted by molar-refractivity contribution is 9.11. The van der Waals surface area contributed by atoms with Crippen LogP contribution in [-0.2, 0) is 4.74 Å². The van der Waals surface area contributed by atoms with Gasteiger partial charge in [0.25, 0.3) is 0 Å². The lowest BCUT2D eigenvalue weighted by Crippen LogP contribution is -2.47. The fourth-order valence-electron chi connectivity index (χ4n) is 3.57. The quantitative estimate of drug-likeness (QED) is 0.641. The van der Waals surface area contributed by atoms with Crippen molar-refractivity contribution >= 4 is 47.8 Å². The number of piperazine rings is 1. The number of ether oxygens (including phenoxy) is 1. The molecule has 7 heteroatoms. The van der Waals surface area contributed by atoms with Crippen molar-refractivity contribution in [2.45, 2.75) is 18.9 Å². The van der Waals surface area contributed by atoms with Crippen molar-refractivity contribution in [3.05, 3.63) is 25.0 Å². The monoisotopic (exact) mass is 510 g/mol. The van der Waals surface area contributed by atoms with Crippen LogP contribution >= 0.6 is 47.8 Å². The second kappa shape index (κ2) is 8.15. The predicted octanol–water partition coefficient (Wildman–Crippen LogP) is 4.05. The molecule has 0 radical (unpaired) electrons. The van der Waals surface area contributed by atoms with E-state index in [1.807, 2.05) is 6.07 Å². The molecule has 0 aromatic heterocycles. The molecule has 3 rings (SSSR count). The van der Waals surface area contributed by atoms with Crippen LogP contribution in [0.2, 0.25) is 0 Å². The first-order valence-electron chi connectivity index (χ1n) is 7.98. The van der Waals surface area contributed by atoms with E-state index in [4.69, 9.17) is 4.74 Å². The van der Waals surface area contributed by atoms with Crippen LogP contribution in [0.25, 0.3) is 0 Å². The van der Waals surface area contributed by atoms with E-state index in [-0.39, 0.29) is 11.8 Å². The largest absolute Gasteiger partial charge is 0.506 e. The summed E-state index contributed by atoms with van der Waals surface area (Å²) >= 11 is 10.8. The fourth-order valence-corrected chi connectivity index (χ4v) is 6.16. The van der Waals surface area contributed by atoms with Crippen LogP contribution in [0.5, 0.6) is 5.75 Å². The summed E-state index contributed by atoms with van der Waals surface area (Å²) in [6, 6.07) is 2.23. The Bertz CT molecular complexity index is 541. The van der Waals surface area contributed by atoms with Crippen molar-refractivity contribution in [3.8, 4) is 5.75 Å². The second-order valence-electron chi connectivity index (χ2n) is 6.10. The zero-order valence-corrected chi connectivity index (χ0v) is 17.6. The van der Waals surface area contributed by atoms with Gasteiger partial charge in [-0.1, -0.05) is 15.9 Å². The molecule has 2 heterocycles. The second-order valence-corrected chi connectivity index (χ2v) is 8.60. The van der Waals surface area contributed by atoms with Crippen molar-refractivity contribution in [3.63, 3.8) is 0 Å². The molecular weight excluding hydrogens is 492 g/mol. The maximum absolute atomic E-state index is 10.4. The number of benzene rings is 1. The smallest absolute Gasteiger partial charge is 0.144 e. The van der Waals surface area contributed by atoms with Gasteiger partial charge in [-0.3, -0.25) is 4.90 Å². The molecule has 2 saturated heterocycles. The molecule has 0 aliphatic carbocycles. The van der Waals surface area contributed by atoms with E-state index < -0.39 is 0 Å². The molecular formula is C16H21Br3N2O2. The zero-order valence-electron chi connectivity index (χ0n) is 12.8. The van der Waals surface area contributed by atoms with Gasteiger partial charge in [-0.05, 0) is 56.7 Å². The van der Waals surface area contributed by atoms with E-state index in [9.17, 15) is 5.11 Å². The topological polar surface area (TPSA) is 44.7 Å². The molecule has 0 spiro atoms. The number of rotatable bonds is 3. The number of halogens is 3. The number of hydrogen-bond donors (Lipinski definition) is 2. The minimum atomic E-state index is 0.274. The predicted molar refractivity (Wildman–Crippen MR) is 102 cm³/mol. The normalized spacial score (nSPS) is 22.2. The molecule has 0 bridgehead atoms. The Kier molecular flexibility index (Phi) is 6.42. The zero-order chi connectivity index (χ0) is 16.4. The maximum atomic E-state index is 10.4. The summed E-state index contributed by atoms with van der Waals surface area (Å²) in [6.45, 7) is 5.72. The van der Waals surface area contributed by atoms with Crippen LogP contribution in [0.4, 0.5) is 0 Å². The van der Waals surface area contributed by atoms with Gasteiger partial charge in [-0.2, -0.15) is 0 Å². The highest BCUT2D eigenvalue weighted by Crippen LogP contribution is 2.47. The first-order chi connectivity index (χ1) is 11.1. The van der Waals surface area contributed by atoms with Gasteiger partial charge < -0.3 is 15.2 Å². The first-order valence-corrected chi connectivity index (χ1v) is 10.4. The lowest BCUT2D eigenvalue weighted by molar-refractivity contribution is 0.0208. The van der Waals surface area contributed by atoms with E-state index in [1.165, 1.54) is 0 Å². The number of phenolic OH excluding ortho intramolecular Hbond substituents is 1. The lowest BCUT2D eigenvalue weighted by Gasteiger charge is -2.42. The van der Waals surface area contributed by atoms with E-state index in [2.05, 4.69) is 58.0 Å². The lowest BCUT2D eigenvalue weighted by atomic mass is 9.85. The van der Waals surface area contributed by atoms with Gasteiger partial charge in [-0.15, -0.1) is 0 Å². The Morgan fingerprint density at radius 2 is 1.78 bits per heavy atom. The molecule has 1 atom stereocenters. The molecule has 2 N–H and O–H groups in total. The van der Waals surface area contributed by atoms with Gasteiger partial charge in [-0.25, -0.2) is 0 Å². The summed E-state index contributed by atoms with van der Waals surface area (Å²) in [6.07, 6.45) is 2.12. The van der Waals surface area contributed by atoms with Crippen LogP contribution in [0.15, 0.2) is 19.5 Å². The fraction of sp³-hybridized carbons (Fsp3) is 0.625. The third-order valence-electron chi connectivity index (χ3n) is 4.73. The van der Waals surface area contributed by atoms with Gasteiger partial charge in [0, 0.05) is 55.5 Å². The van der Waals surface area contributed by atoms with Gasteiger partial charge in [0.1, 0.15) is 5.75 Å². The highest BCUT2D eigenvalue weighted by Gasteiger charge is 2.34. The average molecular weight is 513 g/mol. The van der Waals surface area contributed by atoms with Crippen LogP contribution in [0, 0.1) is 5.92 Å². The maximum Gasteiger partial charge on any atom is 0.144 e. The Hall–Kier alpha value is 0.340. The van der Waals surface area contributed by atoms with Crippen LogP contribution in [0.1, 0.15) is 24.4 Å². The van der Waals surface area contributed by atoms with Crippen LogP contribution in [0.3, 0.4) is 0 Å². The number of hydrogen-bond acceptors (Lipinski definition) is 4. The van der Waals surface area contributed by atoms with Crippen molar-refractivity contribution in [2.24, 2.45) is 5.92 Å². The van der Waals surface area contributed by atoms with Crippen molar-refractivity contribution in [2.75, 3.05) is 39.4 Å². The minimum absolute atomic E-state index is 0.274. The van der Waals surface area contributed by atoms with Crippen LogP contribution < -0.4 is 5.32 Å². The molecule has 23 heavy (non-hydrogen) atoms. The number of nitrogens with zero attached hydrogens (tertiary/aromatic N) is 1. The molecule has 4 nitrogen and oxygen atoms in total. The van der Waals surface area contributed by atoms with Gasteiger partial charge in [0.05, 0.1) is 8.95 Å². The molecule has 2 aliphatic heterocycles. The van der Waals surface area contributed by atoms with E-state index in [0.717, 1.165) is 66.7 Å². The number of nitrogens with one attached hydrogen (secondary N) is 1. The Balaban J connectivity index is 2.02. The summed E-state index contributed by atoms with van der Waals surface area (Å²) in [7, 11) is 0. The van der Waals surface area contributed by atoms with E-state index in [1.54, 1.807) is 0 Å². The number of aromatic hydroxyl groups is 1. The highest BCUT2D eigenvalue weighted by atomic mass is 79.9.